The topological polar surface area (TPSA) is 48.0 Å². The molecule has 0 radical (unpaired) electrons. The standard InChI is InChI=1S/C16H23NO4/c1-11(2)9-19-16(18)17(4)12(3)7-13-5-6-14-15(8-13)21-10-20-14/h5-6,8,11-12H,7,9-10H2,1-4H3. The van der Waals surface area contributed by atoms with Crippen LogP contribution in [0.2, 0.25) is 0 Å². The molecule has 1 aromatic carbocycles. The SMILES string of the molecule is CC(C)COC(=O)N(C)C(C)Cc1ccc2c(c1)OCO2. The Kier molecular flexibility index (Phi) is 4.94. The predicted molar refractivity (Wildman–Crippen MR) is 79.7 cm³/mol. The average molecular weight is 293 g/mol. The number of carbonyl (C=O) groups excluding carboxylic acids is 1. The zero-order valence-corrected chi connectivity index (χ0v) is 13.1. The number of nitrogens with zero attached hydrogens (tertiary/aromatic N) is 1. The maximum atomic E-state index is 11.9. The van der Waals surface area contributed by atoms with E-state index in [1.54, 1.807) is 11.9 Å². The molecule has 1 unspecified atom stereocenters. The van der Waals surface area contributed by atoms with Crippen LogP contribution in [0.5, 0.6) is 11.5 Å². The highest BCUT2D eigenvalue weighted by Gasteiger charge is 2.19. The van der Waals surface area contributed by atoms with E-state index in [-0.39, 0.29) is 18.9 Å². The third-order valence-electron chi connectivity index (χ3n) is 3.46. The summed E-state index contributed by atoms with van der Waals surface area (Å²) in [4.78, 5) is 13.6. The molecule has 0 N–H and O–H groups in total. The van der Waals surface area contributed by atoms with Gasteiger partial charge in [-0.1, -0.05) is 19.9 Å². The van der Waals surface area contributed by atoms with Crippen LogP contribution in [0.4, 0.5) is 4.79 Å². The minimum absolute atomic E-state index is 0.0463. The highest BCUT2D eigenvalue weighted by atomic mass is 16.7. The van der Waals surface area contributed by atoms with Gasteiger partial charge in [0.05, 0.1) is 6.61 Å². The summed E-state index contributed by atoms with van der Waals surface area (Å²) in [5.41, 5.74) is 1.11. The third-order valence-corrected chi connectivity index (χ3v) is 3.46. The van der Waals surface area contributed by atoms with Gasteiger partial charge in [0.15, 0.2) is 11.5 Å². The first kappa shape index (κ1) is 15.5. The minimum atomic E-state index is -0.281. The van der Waals surface area contributed by atoms with Crippen molar-refractivity contribution in [3.05, 3.63) is 23.8 Å². The number of ether oxygens (including phenoxy) is 3. The van der Waals surface area contributed by atoms with E-state index in [0.717, 1.165) is 23.5 Å². The first-order valence-electron chi connectivity index (χ1n) is 7.25. The maximum Gasteiger partial charge on any atom is 0.409 e. The second-order valence-electron chi connectivity index (χ2n) is 5.82. The Hall–Kier alpha value is -1.91. The van der Waals surface area contributed by atoms with Crippen molar-refractivity contribution in [1.82, 2.24) is 4.90 Å². The van der Waals surface area contributed by atoms with Crippen molar-refractivity contribution in [3.63, 3.8) is 0 Å². The van der Waals surface area contributed by atoms with Crippen molar-refractivity contribution in [2.75, 3.05) is 20.4 Å². The van der Waals surface area contributed by atoms with Crippen LogP contribution in [0.25, 0.3) is 0 Å². The lowest BCUT2D eigenvalue weighted by molar-refractivity contribution is 0.0895. The molecule has 1 atom stereocenters. The quantitative estimate of drug-likeness (QED) is 0.837. The molecular formula is C16H23NO4. The van der Waals surface area contributed by atoms with Crippen molar-refractivity contribution >= 4 is 6.09 Å². The molecule has 1 aliphatic rings. The number of carbonyl (C=O) groups is 1. The molecule has 1 heterocycles. The Labute approximate surface area is 125 Å². The van der Waals surface area contributed by atoms with Gasteiger partial charge in [0.1, 0.15) is 0 Å². The molecule has 0 aromatic heterocycles. The maximum absolute atomic E-state index is 11.9. The summed E-state index contributed by atoms with van der Waals surface area (Å²) in [6, 6.07) is 5.91. The molecule has 5 heteroatoms. The van der Waals surface area contributed by atoms with E-state index in [2.05, 4.69) is 0 Å². The first-order valence-corrected chi connectivity index (χ1v) is 7.25. The largest absolute Gasteiger partial charge is 0.454 e. The Morgan fingerprint density at radius 3 is 2.71 bits per heavy atom. The normalized spacial score (nSPS) is 14.1. The van der Waals surface area contributed by atoms with Gasteiger partial charge in [0, 0.05) is 13.1 Å². The van der Waals surface area contributed by atoms with Gasteiger partial charge in [-0.2, -0.15) is 0 Å². The van der Waals surface area contributed by atoms with Crippen LogP contribution in [0.3, 0.4) is 0 Å². The number of rotatable bonds is 5. The fourth-order valence-electron chi connectivity index (χ4n) is 2.07. The second kappa shape index (κ2) is 6.70. The Morgan fingerprint density at radius 1 is 1.29 bits per heavy atom. The Morgan fingerprint density at radius 2 is 2.00 bits per heavy atom. The van der Waals surface area contributed by atoms with Crippen molar-refractivity contribution in [2.24, 2.45) is 5.92 Å². The van der Waals surface area contributed by atoms with Crippen LogP contribution in [0.1, 0.15) is 26.3 Å². The van der Waals surface area contributed by atoms with E-state index in [0.29, 0.717) is 12.5 Å². The van der Waals surface area contributed by atoms with Crippen LogP contribution in [0.15, 0.2) is 18.2 Å². The highest BCUT2D eigenvalue weighted by Crippen LogP contribution is 2.32. The number of likely N-dealkylation sites (N-methyl/N-ethyl adjacent to an activating group) is 1. The van der Waals surface area contributed by atoms with Gasteiger partial charge in [-0.3, -0.25) is 0 Å². The number of hydrogen-bond acceptors (Lipinski definition) is 4. The van der Waals surface area contributed by atoms with E-state index in [1.807, 2.05) is 39.0 Å². The fraction of sp³-hybridized carbons (Fsp3) is 0.562. The molecule has 0 saturated carbocycles. The van der Waals surface area contributed by atoms with Gasteiger partial charge in [0.25, 0.3) is 0 Å². The van der Waals surface area contributed by atoms with Crippen molar-refractivity contribution in [1.29, 1.82) is 0 Å². The molecule has 5 nitrogen and oxygen atoms in total. The van der Waals surface area contributed by atoms with Gasteiger partial charge in [-0.25, -0.2) is 4.79 Å². The summed E-state index contributed by atoms with van der Waals surface area (Å²) >= 11 is 0. The summed E-state index contributed by atoms with van der Waals surface area (Å²) in [6.45, 7) is 6.75. The zero-order chi connectivity index (χ0) is 15.4. The molecule has 1 aliphatic heterocycles. The number of amides is 1. The summed E-state index contributed by atoms with van der Waals surface area (Å²) in [6.07, 6.45) is 0.459. The minimum Gasteiger partial charge on any atom is -0.454 e. The lowest BCUT2D eigenvalue weighted by Gasteiger charge is -2.24. The predicted octanol–water partition coefficient (Wildman–Crippen LogP) is 3.07. The van der Waals surface area contributed by atoms with E-state index in [4.69, 9.17) is 14.2 Å². The van der Waals surface area contributed by atoms with Crippen molar-refractivity contribution in [2.45, 2.75) is 33.2 Å². The first-order chi connectivity index (χ1) is 9.97. The molecular weight excluding hydrogens is 270 g/mol. The molecule has 1 amide bonds. The summed E-state index contributed by atoms with van der Waals surface area (Å²) in [7, 11) is 1.76. The molecule has 0 bridgehead atoms. The van der Waals surface area contributed by atoms with E-state index in [1.165, 1.54) is 0 Å². The molecule has 0 saturated heterocycles. The molecule has 2 rings (SSSR count). The fourth-order valence-corrected chi connectivity index (χ4v) is 2.07. The summed E-state index contributed by atoms with van der Waals surface area (Å²) in [5, 5.41) is 0. The van der Waals surface area contributed by atoms with Crippen molar-refractivity contribution < 1.29 is 19.0 Å². The van der Waals surface area contributed by atoms with E-state index < -0.39 is 0 Å². The molecule has 0 fully saturated rings. The van der Waals surface area contributed by atoms with Gasteiger partial charge in [-0.15, -0.1) is 0 Å². The van der Waals surface area contributed by atoms with Crippen LogP contribution in [-0.2, 0) is 11.2 Å². The van der Waals surface area contributed by atoms with Crippen LogP contribution >= 0.6 is 0 Å². The summed E-state index contributed by atoms with van der Waals surface area (Å²) in [5.74, 6) is 1.88. The second-order valence-corrected chi connectivity index (χ2v) is 5.82. The van der Waals surface area contributed by atoms with Crippen LogP contribution in [-0.4, -0.2) is 37.5 Å². The van der Waals surface area contributed by atoms with Gasteiger partial charge >= 0.3 is 6.09 Å². The third kappa shape index (κ3) is 4.03. The highest BCUT2D eigenvalue weighted by molar-refractivity contribution is 5.67. The number of benzene rings is 1. The van der Waals surface area contributed by atoms with Crippen LogP contribution < -0.4 is 9.47 Å². The lowest BCUT2D eigenvalue weighted by atomic mass is 10.1. The van der Waals surface area contributed by atoms with E-state index in [9.17, 15) is 4.79 Å². The van der Waals surface area contributed by atoms with Gasteiger partial charge in [0.2, 0.25) is 6.79 Å². The molecule has 21 heavy (non-hydrogen) atoms. The molecule has 116 valence electrons. The van der Waals surface area contributed by atoms with Gasteiger partial charge < -0.3 is 19.1 Å². The summed E-state index contributed by atoms with van der Waals surface area (Å²) < 4.78 is 15.9. The van der Waals surface area contributed by atoms with Crippen molar-refractivity contribution in [3.8, 4) is 11.5 Å². The van der Waals surface area contributed by atoms with E-state index >= 15 is 0 Å². The van der Waals surface area contributed by atoms with Crippen LogP contribution in [0, 0.1) is 5.92 Å². The molecule has 1 aromatic rings. The Bertz CT molecular complexity index is 501. The smallest absolute Gasteiger partial charge is 0.409 e. The molecule has 0 aliphatic carbocycles. The lowest BCUT2D eigenvalue weighted by Crippen LogP contribution is -2.37. The zero-order valence-electron chi connectivity index (χ0n) is 13.1. The Balaban J connectivity index is 1.91. The molecule has 0 spiro atoms. The average Bonchev–Trinajstić information content (AvgIpc) is 2.91. The number of fused-ring (bicyclic) bond motifs is 1. The monoisotopic (exact) mass is 293 g/mol. The van der Waals surface area contributed by atoms with Gasteiger partial charge in [-0.05, 0) is 37.0 Å². The number of hydrogen-bond donors (Lipinski definition) is 0.